The zero-order valence-electron chi connectivity index (χ0n) is 6.23. The van der Waals surface area contributed by atoms with Crippen LogP contribution in [0.3, 0.4) is 0 Å². The molecule has 0 aromatic carbocycles. The van der Waals surface area contributed by atoms with Gasteiger partial charge in [0.15, 0.2) is 0 Å². The highest BCUT2D eigenvalue weighted by Gasteiger charge is 1.85. The van der Waals surface area contributed by atoms with Crippen LogP contribution in [0.1, 0.15) is 20.8 Å². The van der Waals surface area contributed by atoms with Crippen LogP contribution in [0.5, 0.6) is 0 Å². The van der Waals surface area contributed by atoms with Crippen LogP contribution in [0, 0.1) is 0 Å². The van der Waals surface area contributed by atoms with Gasteiger partial charge in [0.2, 0.25) is 0 Å². The first-order valence-corrected chi connectivity index (χ1v) is 2.90. The molecular weight excluding hydrogens is 112 g/mol. The van der Waals surface area contributed by atoms with E-state index in [9.17, 15) is 0 Å². The molecule has 0 aliphatic heterocycles. The normalized spacial score (nSPS) is 12.3. The van der Waals surface area contributed by atoms with Crippen LogP contribution in [0.15, 0.2) is 23.0 Å². The maximum absolute atomic E-state index is 5.50. The topological polar surface area (TPSA) is 52.0 Å². The van der Waals surface area contributed by atoms with E-state index in [1.807, 2.05) is 19.9 Å². The van der Waals surface area contributed by atoms with E-state index in [4.69, 9.17) is 11.5 Å². The number of hydrogen-bond donors (Lipinski definition) is 2. The average Bonchev–Trinajstić information content (AvgIpc) is 1.63. The summed E-state index contributed by atoms with van der Waals surface area (Å²) in [6.07, 6.45) is 1.86. The second-order valence-electron chi connectivity index (χ2n) is 2.36. The Bertz CT molecular complexity index is 146. The van der Waals surface area contributed by atoms with Crippen LogP contribution in [-0.2, 0) is 0 Å². The van der Waals surface area contributed by atoms with Crippen LogP contribution in [0.4, 0.5) is 0 Å². The summed E-state index contributed by atoms with van der Waals surface area (Å²) in [4.78, 5) is 0. The predicted molar refractivity (Wildman–Crippen MR) is 40.5 cm³/mol. The van der Waals surface area contributed by atoms with Crippen molar-refractivity contribution in [2.24, 2.45) is 11.5 Å². The first-order chi connectivity index (χ1) is 4.04. The van der Waals surface area contributed by atoms with E-state index in [2.05, 4.69) is 0 Å². The number of allylic oxidation sites excluding steroid dienone is 3. The molecular formula is C7H14N2. The molecule has 52 valence electrons. The smallest absolute Gasteiger partial charge is 0.0501 e. The van der Waals surface area contributed by atoms with Crippen molar-refractivity contribution in [1.82, 2.24) is 0 Å². The SMILES string of the molecule is CC(C)=C/C(N)=C(\C)N. The lowest BCUT2D eigenvalue weighted by Gasteiger charge is -1.96. The van der Waals surface area contributed by atoms with Crippen LogP contribution >= 0.6 is 0 Å². The Labute approximate surface area is 56.2 Å². The highest BCUT2D eigenvalue weighted by molar-refractivity contribution is 5.21. The van der Waals surface area contributed by atoms with Gasteiger partial charge in [-0.2, -0.15) is 0 Å². The van der Waals surface area contributed by atoms with Gasteiger partial charge in [-0.15, -0.1) is 0 Å². The van der Waals surface area contributed by atoms with Crippen LogP contribution in [0.2, 0.25) is 0 Å². The van der Waals surface area contributed by atoms with Crippen LogP contribution in [-0.4, -0.2) is 0 Å². The quantitative estimate of drug-likeness (QED) is 0.517. The minimum atomic E-state index is 0.662. The van der Waals surface area contributed by atoms with Gasteiger partial charge in [-0.1, -0.05) is 5.57 Å². The summed E-state index contributed by atoms with van der Waals surface area (Å²) >= 11 is 0. The first kappa shape index (κ1) is 8.08. The van der Waals surface area contributed by atoms with E-state index < -0.39 is 0 Å². The minimum Gasteiger partial charge on any atom is -0.401 e. The summed E-state index contributed by atoms with van der Waals surface area (Å²) in [7, 11) is 0. The van der Waals surface area contributed by atoms with Gasteiger partial charge in [-0.05, 0) is 26.8 Å². The molecule has 0 rings (SSSR count). The Morgan fingerprint density at radius 3 is 1.67 bits per heavy atom. The molecule has 0 radical (unpaired) electrons. The minimum absolute atomic E-state index is 0.662. The van der Waals surface area contributed by atoms with Crippen molar-refractivity contribution in [2.75, 3.05) is 0 Å². The third kappa shape index (κ3) is 3.64. The van der Waals surface area contributed by atoms with Gasteiger partial charge in [0.25, 0.3) is 0 Å². The molecule has 0 spiro atoms. The molecule has 0 atom stereocenters. The van der Waals surface area contributed by atoms with Crippen molar-refractivity contribution in [3.63, 3.8) is 0 Å². The second-order valence-corrected chi connectivity index (χ2v) is 2.36. The van der Waals surface area contributed by atoms with Gasteiger partial charge in [0, 0.05) is 5.70 Å². The van der Waals surface area contributed by atoms with Crippen molar-refractivity contribution in [1.29, 1.82) is 0 Å². The Hall–Kier alpha value is -0.920. The monoisotopic (exact) mass is 126 g/mol. The Kier molecular flexibility index (Phi) is 2.85. The molecule has 4 N–H and O–H groups in total. The number of hydrogen-bond acceptors (Lipinski definition) is 2. The molecule has 9 heavy (non-hydrogen) atoms. The maximum atomic E-state index is 5.50. The summed E-state index contributed by atoms with van der Waals surface area (Å²) < 4.78 is 0. The third-order valence-electron chi connectivity index (χ3n) is 0.900. The molecule has 0 saturated carbocycles. The zero-order chi connectivity index (χ0) is 7.44. The highest BCUT2D eigenvalue weighted by atomic mass is 14.7. The molecule has 0 aliphatic carbocycles. The van der Waals surface area contributed by atoms with Crippen molar-refractivity contribution in [2.45, 2.75) is 20.8 Å². The Balaban J connectivity index is 4.25. The van der Waals surface area contributed by atoms with Crippen molar-refractivity contribution in [3.05, 3.63) is 23.0 Å². The van der Waals surface area contributed by atoms with Gasteiger partial charge < -0.3 is 11.5 Å². The van der Waals surface area contributed by atoms with Crippen molar-refractivity contribution in [3.8, 4) is 0 Å². The van der Waals surface area contributed by atoms with Crippen molar-refractivity contribution < 1.29 is 0 Å². The Morgan fingerprint density at radius 2 is 1.56 bits per heavy atom. The third-order valence-corrected chi connectivity index (χ3v) is 0.900. The fourth-order valence-corrected chi connectivity index (χ4v) is 0.425. The van der Waals surface area contributed by atoms with E-state index in [0.29, 0.717) is 11.4 Å². The average molecular weight is 126 g/mol. The second kappa shape index (κ2) is 3.17. The van der Waals surface area contributed by atoms with Gasteiger partial charge in [0.1, 0.15) is 0 Å². The summed E-state index contributed by atoms with van der Waals surface area (Å²) in [6, 6.07) is 0. The summed E-state index contributed by atoms with van der Waals surface area (Å²) in [5, 5.41) is 0. The van der Waals surface area contributed by atoms with E-state index >= 15 is 0 Å². The largest absolute Gasteiger partial charge is 0.401 e. The first-order valence-electron chi connectivity index (χ1n) is 2.90. The lowest BCUT2D eigenvalue weighted by Crippen LogP contribution is -2.04. The van der Waals surface area contributed by atoms with Gasteiger partial charge in [0.05, 0.1) is 5.70 Å². The molecule has 0 aliphatic rings. The molecule has 0 saturated heterocycles. The van der Waals surface area contributed by atoms with E-state index in [1.54, 1.807) is 6.92 Å². The molecule has 0 aromatic rings. The fourth-order valence-electron chi connectivity index (χ4n) is 0.425. The lowest BCUT2D eigenvalue weighted by molar-refractivity contribution is 1.19. The van der Waals surface area contributed by atoms with E-state index in [0.717, 1.165) is 5.57 Å². The van der Waals surface area contributed by atoms with E-state index in [1.165, 1.54) is 0 Å². The predicted octanol–water partition coefficient (Wildman–Crippen LogP) is 1.10. The number of nitrogens with two attached hydrogens (primary N) is 2. The molecule has 0 unspecified atom stereocenters. The zero-order valence-corrected chi connectivity index (χ0v) is 6.23. The molecule has 2 nitrogen and oxygen atoms in total. The molecule has 0 amide bonds. The number of rotatable bonds is 1. The molecule has 2 heteroatoms. The summed E-state index contributed by atoms with van der Waals surface area (Å²) in [5.74, 6) is 0. The van der Waals surface area contributed by atoms with Gasteiger partial charge in [-0.3, -0.25) is 0 Å². The maximum Gasteiger partial charge on any atom is 0.0501 e. The summed E-state index contributed by atoms with van der Waals surface area (Å²) in [5.41, 5.74) is 13.4. The molecule has 0 heterocycles. The molecule has 0 aromatic heterocycles. The Morgan fingerprint density at radius 1 is 1.11 bits per heavy atom. The lowest BCUT2D eigenvalue weighted by atomic mass is 10.2. The molecule has 0 bridgehead atoms. The van der Waals surface area contributed by atoms with Gasteiger partial charge in [-0.25, -0.2) is 0 Å². The van der Waals surface area contributed by atoms with Crippen LogP contribution in [0.25, 0.3) is 0 Å². The fraction of sp³-hybridized carbons (Fsp3) is 0.429. The van der Waals surface area contributed by atoms with E-state index in [-0.39, 0.29) is 0 Å². The van der Waals surface area contributed by atoms with Crippen LogP contribution < -0.4 is 11.5 Å². The standard InChI is InChI=1S/C7H14N2/c1-5(2)4-7(9)6(3)8/h4H,8-9H2,1-3H3/b7-6-. The molecule has 0 fully saturated rings. The highest BCUT2D eigenvalue weighted by Crippen LogP contribution is 1.96. The summed E-state index contributed by atoms with van der Waals surface area (Å²) in [6.45, 7) is 5.75. The van der Waals surface area contributed by atoms with Gasteiger partial charge >= 0.3 is 0 Å². The van der Waals surface area contributed by atoms with Crippen molar-refractivity contribution >= 4 is 0 Å².